The number of hydrogen-bond donors (Lipinski definition) is 3. The molecule has 140 valence electrons. The number of rotatable bonds is 3. The molecule has 27 heavy (non-hydrogen) atoms. The quantitative estimate of drug-likeness (QED) is 0.683. The van der Waals surface area contributed by atoms with Crippen LogP contribution in [-0.2, 0) is 4.79 Å². The summed E-state index contributed by atoms with van der Waals surface area (Å²) in [5.74, 6) is 0.602. The normalized spacial score (nSPS) is 25.4. The lowest BCUT2D eigenvalue weighted by Gasteiger charge is -2.50. The lowest BCUT2D eigenvalue weighted by Crippen LogP contribution is -2.70. The van der Waals surface area contributed by atoms with Gasteiger partial charge in [-0.3, -0.25) is 4.79 Å². The highest BCUT2D eigenvalue weighted by atomic mass is 35.5. The van der Waals surface area contributed by atoms with Crippen molar-refractivity contribution in [3.63, 3.8) is 0 Å². The van der Waals surface area contributed by atoms with Gasteiger partial charge in [0, 0.05) is 16.3 Å². The predicted molar refractivity (Wildman–Crippen MR) is 107 cm³/mol. The van der Waals surface area contributed by atoms with E-state index in [1.165, 1.54) is 0 Å². The molecule has 3 N–H and O–H groups in total. The van der Waals surface area contributed by atoms with Crippen LogP contribution in [0.1, 0.15) is 18.5 Å². The lowest BCUT2D eigenvalue weighted by molar-refractivity contribution is -0.132. The van der Waals surface area contributed by atoms with E-state index in [9.17, 15) is 4.79 Å². The number of ether oxygens (including phenoxy) is 2. The minimum absolute atomic E-state index is 0.194. The van der Waals surface area contributed by atoms with Crippen LogP contribution in [0, 0.1) is 5.92 Å². The number of carbonyl (C=O) groups is 1. The molecule has 1 saturated heterocycles. The molecule has 8 heteroatoms. The Hall–Kier alpha value is -2.51. The van der Waals surface area contributed by atoms with Crippen molar-refractivity contribution in [1.82, 2.24) is 10.6 Å². The van der Waals surface area contributed by atoms with Gasteiger partial charge in [0.15, 0.2) is 10.8 Å². The molecule has 3 atom stereocenters. The molecule has 2 aromatic rings. The average Bonchev–Trinajstić information content (AvgIpc) is 2.62. The molecule has 4 rings (SSSR count). The van der Waals surface area contributed by atoms with Crippen LogP contribution in [0.15, 0.2) is 42.5 Å². The third kappa shape index (κ3) is 3.17. The topological polar surface area (TPSA) is 71.6 Å². The zero-order valence-electron chi connectivity index (χ0n) is 14.7. The van der Waals surface area contributed by atoms with Gasteiger partial charge in [0.25, 0.3) is 0 Å². The van der Waals surface area contributed by atoms with E-state index < -0.39 is 11.6 Å². The van der Waals surface area contributed by atoms with Crippen LogP contribution in [0.25, 0.3) is 0 Å². The monoisotopic (exact) mass is 403 g/mol. The number of nitrogens with one attached hydrogen (secondary N) is 3. The highest BCUT2D eigenvalue weighted by Gasteiger charge is 2.54. The Bertz CT molecular complexity index is 921. The van der Waals surface area contributed by atoms with Crippen molar-refractivity contribution in [1.29, 1.82) is 0 Å². The molecule has 0 spiro atoms. The summed E-state index contributed by atoms with van der Waals surface area (Å²) >= 11 is 11.2. The summed E-state index contributed by atoms with van der Waals surface area (Å²) in [4.78, 5) is 13.2. The standard InChI is InChI=1S/C19H18ClN3O3S/c1-19-15(17(24)21-11-5-3-10(20)4-6-11)16(22-18(27)23-19)13-9-12(25-2)7-8-14(13)26-19/h3-9,15-16H,1-2H3,(H,21,24)(H2,22,23,27)/t15-,16-,19+/m0/s1. The average molecular weight is 404 g/mol. The second-order valence-corrected chi connectivity index (χ2v) is 7.51. The molecule has 1 amide bonds. The van der Waals surface area contributed by atoms with Crippen LogP contribution in [0.5, 0.6) is 11.5 Å². The third-order valence-corrected chi connectivity index (χ3v) is 5.32. The van der Waals surface area contributed by atoms with Crippen molar-refractivity contribution in [3.05, 3.63) is 53.1 Å². The van der Waals surface area contributed by atoms with Gasteiger partial charge in [0.2, 0.25) is 5.91 Å². The van der Waals surface area contributed by atoms with Gasteiger partial charge in [-0.05, 0) is 61.6 Å². The van der Waals surface area contributed by atoms with Crippen LogP contribution in [0.3, 0.4) is 0 Å². The number of amides is 1. The van der Waals surface area contributed by atoms with Gasteiger partial charge < -0.3 is 25.4 Å². The van der Waals surface area contributed by atoms with Crippen molar-refractivity contribution in [3.8, 4) is 11.5 Å². The number of anilines is 1. The van der Waals surface area contributed by atoms with Crippen molar-refractivity contribution in [2.24, 2.45) is 5.92 Å². The smallest absolute Gasteiger partial charge is 0.236 e. The molecule has 0 aliphatic carbocycles. The van der Waals surface area contributed by atoms with Crippen LogP contribution < -0.4 is 25.4 Å². The van der Waals surface area contributed by atoms with E-state index in [2.05, 4.69) is 16.0 Å². The highest BCUT2D eigenvalue weighted by molar-refractivity contribution is 7.80. The maximum Gasteiger partial charge on any atom is 0.236 e. The Morgan fingerprint density at radius 2 is 2.04 bits per heavy atom. The molecular weight excluding hydrogens is 386 g/mol. The summed E-state index contributed by atoms with van der Waals surface area (Å²) in [5, 5.41) is 10.3. The maximum absolute atomic E-state index is 13.2. The molecule has 1 fully saturated rings. The summed E-state index contributed by atoms with van der Waals surface area (Å²) < 4.78 is 11.5. The van der Waals surface area contributed by atoms with Crippen LogP contribution in [0.2, 0.25) is 5.02 Å². The Morgan fingerprint density at radius 1 is 1.30 bits per heavy atom. The number of benzene rings is 2. The Labute approximate surface area is 167 Å². The molecule has 0 aromatic heterocycles. The zero-order chi connectivity index (χ0) is 19.2. The number of carbonyl (C=O) groups excluding carboxylic acids is 1. The van der Waals surface area contributed by atoms with E-state index in [0.29, 0.717) is 27.3 Å². The fourth-order valence-corrected chi connectivity index (χ4v) is 4.06. The van der Waals surface area contributed by atoms with Gasteiger partial charge in [0.05, 0.1) is 13.2 Å². The van der Waals surface area contributed by atoms with Crippen molar-refractivity contribution in [2.45, 2.75) is 18.7 Å². The number of fused-ring (bicyclic) bond motifs is 4. The summed E-state index contributed by atoms with van der Waals surface area (Å²) in [6, 6.07) is 12.1. The van der Waals surface area contributed by atoms with E-state index in [-0.39, 0.29) is 11.9 Å². The molecule has 0 unspecified atom stereocenters. The fourth-order valence-electron chi connectivity index (χ4n) is 3.60. The lowest BCUT2D eigenvalue weighted by atomic mass is 9.80. The Morgan fingerprint density at radius 3 is 2.74 bits per heavy atom. The van der Waals surface area contributed by atoms with Gasteiger partial charge in [-0.25, -0.2) is 0 Å². The largest absolute Gasteiger partial charge is 0.497 e. The SMILES string of the molecule is COc1ccc2c(c1)[C@@H]1NC(=S)N[C@](C)(O2)[C@@H]1C(=O)Nc1ccc(Cl)cc1. The molecule has 2 heterocycles. The first-order valence-corrected chi connectivity index (χ1v) is 9.20. The van der Waals surface area contributed by atoms with Crippen molar-refractivity contribution < 1.29 is 14.3 Å². The van der Waals surface area contributed by atoms with Crippen molar-refractivity contribution in [2.75, 3.05) is 12.4 Å². The maximum atomic E-state index is 13.2. The van der Waals surface area contributed by atoms with Gasteiger partial charge in [-0.1, -0.05) is 11.6 Å². The molecule has 0 saturated carbocycles. The van der Waals surface area contributed by atoms with E-state index in [4.69, 9.17) is 33.3 Å². The molecular formula is C19H18ClN3O3S. The second kappa shape index (κ2) is 6.58. The Kier molecular flexibility index (Phi) is 4.36. The summed E-state index contributed by atoms with van der Waals surface area (Å²) in [6.45, 7) is 1.83. The minimum atomic E-state index is -0.981. The van der Waals surface area contributed by atoms with E-state index in [1.54, 1.807) is 31.4 Å². The number of hydrogen-bond acceptors (Lipinski definition) is 4. The first kappa shape index (κ1) is 17.9. The highest BCUT2D eigenvalue weighted by Crippen LogP contribution is 2.46. The number of methoxy groups -OCH3 is 1. The number of thiocarbonyl (C=S) groups is 1. The first-order valence-electron chi connectivity index (χ1n) is 8.42. The molecule has 2 bridgehead atoms. The van der Waals surface area contributed by atoms with Gasteiger partial charge >= 0.3 is 0 Å². The minimum Gasteiger partial charge on any atom is -0.497 e. The Balaban J connectivity index is 1.71. The van der Waals surface area contributed by atoms with Gasteiger partial charge in [-0.2, -0.15) is 0 Å². The van der Waals surface area contributed by atoms with Crippen LogP contribution in [-0.4, -0.2) is 23.9 Å². The van der Waals surface area contributed by atoms with Gasteiger partial charge in [0.1, 0.15) is 17.4 Å². The van der Waals surface area contributed by atoms with E-state index >= 15 is 0 Å². The summed E-state index contributed by atoms with van der Waals surface area (Å²) in [5.41, 5.74) is 0.502. The summed E-state index contributed by atoms with van der Waals surface area (Å²) in [7, 11) is 1.60. The first-order chi connectivity index (χ1) is 12.9. The third-order valence-electron chi connectivity index (χ3n) is 4.84. The van der Waals surface area contributed by atoms with Crippen LogP contribution in [0.4, 0.5) is 5.69 Å². The molecule has 0 radical (unpaired) electrons. The molecule has 2 aliphatic rings. The van der Waals surface area contributed by atoms with Crippen LogP contribution >= 0.6 is 23.8 Å². The number of halogens is 1. The van der Waals surface area contributed by atoms with E-state index in [0.717, 1.165) is 5.56 Å². The second-order valence-electron chi connectivity index (χ2n) is 6.66. The van der Waals surface area contributed by atoms with Crippen molar-refractivity contribution >= 4 is 40.5 Å². The molecule has 6 nitrogen and oxygen atoms in total. The molecule has 2 aliphatic heterocycles. The summed E-state index contributed by atoms with van der Waals surface area (Å²) in [6.07, 6.45) is 0. The zero-order valence-corrected chi connectivity index (χ0v) is 16.3. The van der Waals surface area contributed by atoms with E-state index in [1.807, 2.05) is 25.1 Å². The fraction of sp³-hybridized carbons (Fsp3) is 0.263. The van der Waals surface area contributed by atoms with Gasteiger partial charge in [-0.15, -0.1) is 0 Å². The molecule has 2 aromatic carbocycles. The predicted octanol–water partition coefficient (Wildman–Crippen LogP) is 3.23.